The van der Waals surface area contributed by atoms with Gasteiger partial charge in [-0.1, -0.05) is 15.9 Å². The minimum absolute atomic E-state index is 0.193. The van der Waals surface area contributed by atoms with Crippen molar-refractivity contribution in [1.82, 2.24) is 0 Å². The van der Waals surface area contributed by atoms with E-state index in [0.29, 0.717) is 29.5 Å². The third-order valence-electron chi connectivity index (χ3n) is 3.23. The van der Waals surface area contributed by atoms with Gasteiger partial charge in [0.2, 0.25) is 0 Å². The first-order valence-electron chi connectivity index (χ1n) is 5.70. The molecular weight excluding hydrogens is 320 g/mol. The van der Waals surface area contributed by atoms with E-state index in [4.69, 9.17) is 4.74 Å². The molecule has 2 atom stereocenters. The Morgan fingerprint density at radius 1 is 1.39 bits per heavy atom. The van der Waals surface area contributed by atoms with Gasteiger partial charge in [0, 0.05) is 4.47 Å². The molecule has 1 unspecified atom stereocenters. The van der Waals surface area contributed by atoms with Crippen LogP contribution < -0.4 is 4.74 Å². The van der Waals surface area contributed by atoms with Crippen LogP contribution in [-0.4, -0.2) is 32.0 Å². The molecular formula is C12H15BrO4S. The number of benzene rings is 1. The Balaban J connectivity index is 2.43. The van der Waals surface area contributed by atoms with Gasteiger partial charge in [0.25, 0.3) is 0 Å². The Morgan fingerprint density at radius 3 is 2.67 bits per heavy atom. The van der Waals surface area contributed by atoms with Crippen LogP contribution in [0.1, 0.15) is 19.3 Å². The minimum Gasteiger partial charge on any atom is -0.495 e. The smallest absolute Gasteiger partial charge is 0.185 e. The Hall–Kier alpha value is -0.590. The number of sulfone groups is 1. The van der Waals surface area contributed by atoms with Crippen molar-refractivity contribution < 1.29 is 18.3 Å². The van der Waals surface area contributed by atoms with E-state index in [2.05, 4.69) is 15.9 Å². The van der Waals surface area contributed by atoms with E-state index in [9.17, 15) is 13.5 Å². The summed E-state index contributed by atoms with van der Waals surface area (Å²) in [5.74, 6) is 0.347. The summed E-state index contributed by atoms with van der Waals surface area (Å²) >= 11 is 3.27. The van der Waals surface area contributed by atoms with E-state index < -0.39 is 21.2 Å². The highest BCUT2D eigenvalue weighted by atomic mass is 79.9. The van der Waals surface area contributed by atoms with E-state index in [1.807, 2.05) is 0 Å². The Labute approximate surface area is 115 Å². The maximum atomic E-state index is 12.5. The maximum Gasteiger partial charge on any atom is 0.185 e. The van der Waals surface area contributed by atoms with Crippen LogP contribution in [0.2, 0.25) is 0 Å². The molecule has 6 heteroatoms. The number of hydrogen-bond acceptors (Lipinski definition) is 4. The quantitative estimate of drug-likeness (QED) is 0.919. The lowest BCUT2D eigenvalue weighted by Gasteiger charge is -2.14. The lowest BCUT2D eigenvalue weighted by atomic mass is 10.3. The topological polar surface area (TPSA) is 63.6 Å². The molecule has 1 aromatic carbocycles. The molecule has 1 fully saturated rings. The zero-order valence-corrected chi connectivity index (χ0v) is 12.4. The van der Waals surface area contributed by atoms with Crippen molar-refractivity contribution >= 4 is 25.8 Å². The van der Waals surface area contributed by atoms with Crippen molar-refractivity contribution in [1.29, 1.82) is 0 Å². The molecule has 0 bridgehead atoms. The fourth-order valence-electron chi connectivity index (χ4n) is 2.25. The van der Waals surface area contributed by atoms with Gasteiger partial charge in [0.15, 0.2) is 9.84 Å². The van der Waals surface area contributed by atoms with Crippen molar-refractivity contribution in [2.24, 2.45) is 0 Å². The molecule has 0 saturated heterocycles. The van der Waals surface area contributed by atoms with Crippen molar-refractivity contribution in [3.05, 3.63) is 22.7 Å². The van der Waals surface area contributed by atoms with E-state index >= 15 is 0 Å². The molecule has 1 aliphatic rings. The van der Waals surface area contributed by atoms with Gasteiger partial charge in [-0.25, -0.2) is 8.42 Å². The average molecular weight is 335 g/mol. The summed E-state index contributed by atoms with van der Waals surface area (Å²) in [6.07, 6.45) is 0.833. The van der Waals surface area contributed by atoms with Crippen LogP contribution in [0.3, 0.4) is 0 Å². The highest BCUT2D eigenvalue weighted by Crippen LogP contribution is 2.35. The number of aliphatic hydroxyl groups is 1. The van der Waals surface area contributed by atoms with Gasteiger partial charge in [-0.15, -0.1) is 0 Å². The number of aliphatic hydroxyl groups excluding tert-OH is 1. The molecule has 0 radical (unpaired) electrons. The summed E-state index contributed by atoms with van der Waals surface area (Å²) in [7, 11) is -2.00. The van der Waals surface area contributed by atoms with Gasteiger partial charge < -0.3 is 9.84 Å². The second-order valence-corrected chi connectivity index (χ2v) is 7.54. The fraction of sp³-hybridized carbons (Fsp3) is 0.500. The molecule has 0 spiro atoms. The summed E-state index contributed by atoms with van der Waals surface area (Å²) in [6, 6.07) is 4.92. The highest BCUT2D eigenvalue weighted by Gasteiger charge is 2.36. The van der Waals surface area contributed by atoms with Crippen LogP contribution in [0.5, 0.6) is 5.75 Å². The van der Waals surface area contributed by atoms with Crippen molar-refractivity contribution in [3.8, 4) is 5.75 Å². The third kappa shape index (κ3) is 2.55. The molecule has 1 saturated carbocycles. The second-order valence-electron chi connectivity index (χ2n) is 4.43. The van der Waals surface area contributed by atoms with Crippen molar-refractivity contribution in [2.45, 2.75) is 35.5 Å². The van der Waals surface area contributed by atoms with Crippen LogP contribution in [0.4, 0.5) is 0 Å². The zero-order valence-electron chi connectivity index (χ0n) is 9.97. The fourth-order valence-corrected chi connectivity index (χ4v) is 4.77. The summed E-state index contributed by atoms with van der Waals surface area (Å²) in [5, 5.41) is 8.97. The van der Waals surface area contributed by atoms with Crippen LogP contribution in [0.15, 0.2) is 27.6 Å². The molecule has 1 aromatic rings. The lowest BCUT2D eigenvalue weighted by molar-refractivity contribution is 0.183. The minimum atomic E-state index is -3.45. The van der Waals surface area contributed by atoms with Gasteiger partial charge in [0.05, 0.1) is 18.5 Å². The Kier molecular flexibility index (Phi) is 3.99. The number of halogens is 1. The van der Waals surface area contributed by atoms with E-state index in [1.165, 1.54) is 7.11 Å². The van der Waals surface area contributed by atoms with E-state index in [0.717, 1.165) is 0 Å². The van der Waals surface area contributed by atoms with Gasteiger partial charge in [-0.2, -0.15) is 0 Å². The monoisotopic (exact) mass is 334 g/mol. The molecule has 0 amide bonds. The highest BCUT2D eigenvalue weighted by molar-refractivity contribution is 9.10. The molecule has 1 aliphatic carbocycles. The Bertz CT molecular complexity index is 541. The number of ether oxygens (including phenoxy) is 1. The molecule has 4 nitrogen and oxygen atoms in total. The summed E-state index contributed by atoms with van der Waals surface area (Å²) < 4.78 is 30.8. The average Bonchev–Trinajstić information content (AvgIpc) is 2.76. The van der Waals surface area contributed by atoms with E-state index in [1.54, 1.807) is 18.2 Å². The molecule has 1 N–H and O–H groups in total. The second kappa shape index (κ2) is 5.19. The predicted molar refractivity (Wildman–Crippen MR) is 71.5 cm³/mol. The number of methoxy groups -OCH3 is 1. The first-order valence-corrected chi connectivity index (χ1v) is 8.04. The maximum absolute atomic E-state index is 12.5. The van der Waals surface area contributed by atoms with Crippen LogP contribution in [0.25, 0.3) is 0 Å². The molecule has 0 aromatic heterocycles. The molecule has 0 heterocycles. The third-order valence-corrected chi connectivity index (χ3v) is 5.96. The van der Waals surface area contributed by atoms with Crippen LogP contribution >= 0.6 is 15.9 Å². The number of hydrogen-bond donors (Lipinski definition) is 1. The van der Waals surface area contributed by atoms with Gasteiger partial charge >= 0.3 is 0 Å². The van der Waals surface area contributed by atoms with Crippen LogP contribution in [0, 0.1) is 0 Å². The first kappa shape index (κ1) is 13.8. The van der Waals surface area contributed by atoms with E-state index in [-0.39, 0.29) is 4.90 Å². The van der Waals surface area contributed by atoms with Crippen molar-refractivity contribution in [2.75, 3.05) is 7.11 Å². The van der Waals surface area contributed by atoms with Gasteiger partial charge in [-0.3, -0.25) is 0 Å². The Morgan fingerprint density at radius 2 is 2.11 bits per heavy atom. The standard InChI is InChI=1S/C12H15BrO4S/c1-17-11-5-2-8(13)6-12(11)18(15,16)10-4-3-9(14)7-10/h2,5-6,9-10,14H,3-4,7H2,1H3/t9-,10?/m0/s1. The molecule has 18 heavy (non-hydrogen) atoms. The molecule has 0 aliphatic heterocycles. The van der Waals surface area contributed by atoms with Gasteiger partial charge in [-0.05, 0) is 37.5 Å². The zero-order chi connectivity index (χ0) is 13.3. The summed E-state index contributed by atoms with van der Waals surface area (Å²) in [5.41, 5.74) is 0. The first-order chi connectivity index (χ1) is 8.45. The molecule has 2 rings (SSSR count). The predicted octanol–water partition coefficient (Wildman–Crippen LogP) is 2.14. The molecule has 100 valence electrons. The summed E-state index contributed by atoms with van der Waals surface area (Å²) in [6.45, 7) is 0. The summed E-state index contributed by atoms with van der Waals surface area (Å²) in [4.78, 5) is 0.193. The lowest BCUT2D eigenvalue weighted by Crippen LogP contribution is -2.20. The van der Waals surface area contributed by atoms with Crippen LogP contribution in [-0.2, 0) is 9.84 Å². The SMILES string of the molecule is COc1ccc(Br)cc1S(=O)(=O)C1CC[C@H](O)C1. The van der Waals surface area contributed by atoms with Gasteiger partial charge in [0.1, 0.15) is 10.6 Å². The largest absolute Gasteiger partial charge is 0.495 e. The normalized spacial score (nSPS) is 24.2. The number of rotatable bonds is 3. The van der Waals surface area contributed by atoms with Crippen molar-refractivity contribution in [3.63, 3.8) is 0 Å².